The van der Waals surface area contributed by atoms with Crippen LogP contribution < -0.4 is 5.32 Å². The first-order valence-electron chi connectivity index (χ1n) is 9.73. The summed E-state index contributed by atoms with van der Waals surface area (Å²) in [7, 11) is -3.66. The van der Waals surface area contributed by atoms with Crippen LogP contribution in [0.1, 0.15) is 18.5 Å². The van der Waals surface area contributed by atoms with Gasteiger partial charge in [0.1, 0.15) is 15.9 Å². The third-order valence-electron chi connectivity index (χ3n) is 5.24. The molecule has 10 heteroatoms. The van der Waals surface area contributed by atoms with Crippen molar-refractivity contribution in [1.29, 1.82) is 0 Å². The first-order chi connectivity index (χ1) is 14.4. The summed E-state index contributed by atoms with van der Waals surface area (Å²) in [6, 6.07) is 14.7. The number of piperazine rings is 1. The van der Waals surface area contributed by atoms with Gasteiger partial charge in [-0.1, -0.05) is 36.4 Å². The summed E-state index contributed by atoms with van der Waals surface area (Å²) in [5.74, 6) is -0.0685. The molecule has 2 aromatic carbocycles. The molecule has 1 fully saturated rings. The summed E-state index contributed by atoms with van der Waals surface area (Å²) >= 11 is 1.00. The van der Waals surface area contributed by atoms with E-state index < -0.39 is 10.0 Å². The fraction of sp³-hybridized carbons (Fsp3) is 0.350. The number of carbonyl (C=O) groups is 1. The minimum Gasteiger partial charge on any atom is -0.348 e. The van der Waals surface area contributed by atoms with Crippen LogP contribution in [0.25, 0.3) is 11.0 Å². The molecule has 0 radical (unpaired) electrons. The highest BCUT2D eigenvalue weighted by Crippen LogP contribution is 2.25. The fourth-order valence-electron chi connectivity index (χ4n) is 3.57. The van der Waals surface area contributed by atoms with Gasteiger partial charge < -0.3 is 5.32 Å². The number of rotatable bonds is 6. The van der Waals surface area contributed by atoms with E-state index in [9.17, 15) is 13.2 Å². The molecule has 2 heterocycles. The van der Waals surface area contributed by atoms with Crippen molar-refractivity contribution in [3.8, 4) is 0 Å². The van der Waals surface area contributed by atoms with Crippen LogP contribution in [0, 0.1) is 0 Å². The van der Waals surface area contributed by atoms with Gasteiger partial charge in [0.2, 0.25) is 15.9 Å². The van der Waals surface area contributed by atoms with Gasteiger partial charge in [-0.25, -0.2) is 8.42 Å². The van der Waals surface area contributed by atoms with Crippen LogP contribution in [0.3, 0.4) is 0 Å². The molecular weight excluding hydrogens is 422 g/mol. The summed E-state index contributed by atoms with van der Waals surface area (Å²) in [6.07, 6.45) is 0. The van der Waals surface area contributed by atoms with Crippen LogP contribution in [-0.2, 0) is 14.8 Å². The van der Waals surface area contributed by atoms with Gasteiger partial charge in [-0.2, -0.15) is 13.1 Å². The van der Waals surface area contributed by atoms with Gasteiger partial charge in [0.25, 0.3) is 0 Å². The Balaban J connectivity index is 1.34. The minimum absolute atomic E-state index is 0.0685. The monoisotopic (exact) mass is 445 g/mol. The van der Waals surface area contributed by atoms with E-state index in [2.05, 4.69) is 14.1 Å². The number of benzene rings is 2. The third kappa shape index (κ3) is 4.36. The van der Waals surface area contributed by atoms with Crippen molar-refractivity contribution < 1.29 is 13.2 Å². The lowest BCUT2D eigenvalue weighted by Gasteiger charge is -2.33. The number of aromatic nitrogens is 2. The van der Waals surface area contributed by atoms with Crippen molar-refractivity contribution >= 4 is 38.7 Å². The zero-order valence-corrected chi connectivity index (χ0v) is 18.2. The number of fused-ring (bicyclic) bond motifs is 1. The quantitative estimate of drug-likeness (QED) is 0.622. The van der Waals surface area contributed by atoms with Gasteiger partial charge in [-0.15, -0.1) is 0 Å². The number of amides is 1. The Morgan fingerprint density at radius 3 is 2.53 bits per heavy atom. The highest BCUT2D eigenvalue weighted by atomic mass is 32.2. The summed E-state index contributed by atoms with van der Waals surface area (Å²) in [5.41, 5.74) is 2.05. The Morgan fingerprint density at radius 2 is 1.80 bits per heavy atom. The average Bonchev–Trinajstić information content (AvgIpc) is 3.23. The lowest BCUT2D eigenvalue weighted by molar-refractivity contribution is -0.123. The molecular formula is C20H23N5O3S2. The molecule has 1 saturated heterocycles. The largest absolute Gasteiger partial charge is 0.348 e. The smallest absolute Gasteiger partial charge is 0.245 e. The first-order valence-corrected chi connectivity index (χ1v) is 11.9. The van der Waals surface area contributed by atoms with E-state index in [4.69, 9.17) is 0 Å². The molecule has 1 N–H and O–H groups in total. The summed E-state index contributed by atoms with van der Waals surface area (Å²) in [4.78, 5) is 14.6. The second-order valence-corrected chi connectivity index (χ2v) is 9.70. The van der Waals surface area contributed by atoms with Crippen molar-refractivity contribution in [1.82, 2.24) is 23.3 Å². The molecule has 8 nitrogen and oxygen atoms in total. The van der Waals surface area contributed by atoms with Crippen LogP contribution in [0.2, 0.25) is 0 Å². The molecule has 1 aliphatic rings. The minimum atomic E-state index is -3.66. The van der Waals surface area contributed by atoms with Crippen LogP contribution in [0.5, 0.6) is 0 Å². The van der Waals surface area contributed by atoms with Gasteiger partial charge in [-0.3, -0.25) is 9.69 Å². The topological polar surface area (TPSA) is 95.5 Å². The molecule has 158 valence electrons. The van der Waals surface area contributed by atoms with Crippen molar-refractivity contribution in [2.45, 2.75) is 17.9 Å². The standard InChI is InChI=1S/C20H23N5O3S2/c1-15(16-6-3-2-4-7-16)21-19(26)14-24-10-12-25(13-11-24)30(27,28)18-9-5-8-17-20(18)23-29-22-17/h2-9,15H,10-14H2,1H3,(H,21,26)/t15-/m1/s1. The first kappa shape index (κ1) is 20.9. The maximum absolute atomic E-state index is 13.1. The van der Waals surface area contributed by atoms with E-state index in [0.717, 1.165) is 17.3 Å². The molecule has 1 aromatic heterocycles. The summed E-state index contributed by atoms with van der Waals surface area (Å²) in [5, 5.41) is 3.00. The Kier molecular flexibility index (Phi) is 6.09. The Hall–Kier alpha value is -2.40. The molecule has 0 unspecified atom stereocenters. The van der Waals surface area contributed by atoms with Gasteiger partial charge in [0.15, 0.2) is 0 Å². The average molecular weight is 446 g/mol. The Labute approximate surface area is 179 Å². The van der Waals surface area contributed by atoms with Crippen LogP contribution >= 0.6 is 11.7 Å². The molecule has 0 aliphatic carbocycles. The number of nitrogens with one attached hydrogen (secondary N) is 1. The van der Waals surface area contributed by atoms with Crippen molar-refractivity contribution in [2.75, 3.05) is 32.7 Å². The van der Waals surface area contributed by atoms with Crippen LogP contribution in [0.15, 0.2) is 53.4 Å². The predicted molar refractivity (Wildman–Crippen MR) is 116 cm³/mol. The van der Waals surface area contributed by atoms with E-state index in [0.29, 0.717) is 37.2 Å². The zero-order chi connectivity index (χ0) is 21.1. The maximum atomic E-state index is 13.1. The second kappa shape index (κ2) is 8.76. The van der Waals surface area contributed by atoms with E-state index in [1.807, 2.05) is 42.2 Å². The molecule has 30 heavy (non-hydrogen) atoms. The van der Waals surface area contributed by atoms with Crippen LogP contribution in [0.4, 0.5) is 0 Å². The Bertz CT molecular complexity index is 1130. The normalized spacial score (nSPS) is 17.1. The molecule has 1 atom stereocenters. The molecule has 0 spiro atoms. The van der Waals surface area contributed by atoms with Crippen molar-refractivity contribution in [2.24, 2.45) is 0 Å². The number of hydrogen-bond acceptors (Lipinski definition) is 7. The Morgan fingerprint density at radius 1 is 1.07 bits per heavy atom. The molecule has 1 aliphatic heterocycles. The van der Waals surface area contributed by atoms with E-state index in [-0.39, 0.29) is 23.4 Å². The molecule has 0 bridgehead atoms. The lowest BCUT2D eigenvalue weighted by atomic mass is 10.1. The van der Waals surface area contributed by atoms with Crippen LogP contribution in [-0.4, -0.2) is 65.0 Å². The van der Waals surface area contributed by atoms with E-state index >= 15 is 0 Å². The molecule has 0 saturated carbocycles. The van der Waals surface area contributed by atoms with E-state index in [1.165, 1.54) is 4.31 Å². The molecule has 1 amide bonds. The number of hydrogen-bond donors (Lipinski definition) is 1. The third-order valence-corrected chi connectivity index (χ3v) is 7.72. The zero-order valence-electron chi connectivity index (χ0n) is 16.6. The number of carbonyl (C=O) groups excluding carboxylic acids is 1. The SMILES string of the molecule is C[C@@H](NC(=O)CN1CCN(S(=O)(=O)c2cccc3nsnc23)CC1)c1ccccc1. The summed E-state index contributed by atoms with van der Waals surface area (Å²) in [6.45, 7) is 3.85. The molecule has 3 aromatic rings. The highest BCUT2D eigenvalue weighted by molar-refractivity contribution is 7.89. The number of nitrogens with zero attached hydrogens (tertiary/aromatic N) is 4. The molecule has 4 rings (SSSR count). The van der Waals surface area contributed by atoms with Gasteiger partial charge in [-0.05, 0) is 24.6 Å². The van der Waals surface area contributed by atoms with E-state index in [1.54, 1.807) is 18.2 Å². The second-order valence-electron chi connectivity index (χ2n) is 7.27. The number of sulfonamides is 1. The van der Waals surface area contributed by atoms with Gasteiger partial charge >= 0.3 is 0 Å². The van der Waals surface area contributed by atoms with Crippen molar-refractivity contribution in [3.05, 3.63) is 54.1 Å². The predicted octanol–water partition coefficient (Wildman–Crippen LogP) is 1.87. The van der Waals surface area contributed by atoms with Gasteiger partial charge in [0, 0.05) is 26.2 Å². The summed E-state index contributed by atoms with van der Waals surface area (Å²) < 4.78 is 35.9. The lowest BCUT2D eigenvalue weighted by Crippen LogP contribution is -2.51. The maximum Gasteiger partial charge on any atom is 0.245 e. The van der Waals surface area contributed by atoms with Gasteiger partial charge in [0.05, 0.1) is 24.3 Å². The van der Waals surface area contributed by atoms with Crippen molar-refractivity contribution in [3.63, 3.8) is 0 Å². The fourth-order valence-corrected chi connectivity index (χ4v) is 5.75. The highest BCUT2D eigenvalue weighted by Gasteiger charge is 2.31.